The molecule has 0 bridgehead atoms. The molecule has 1 saturated heterocycles. The molecule has 1 fully saturated rings. The van der Waals surface area contributed by atoms with Crippen LogP contribution in [0.5, 0.6) is 0 Å². The summed E-state index contributed by atoms with van der Waals surface area (Å²) in [5, 5.41) is 4.02. The number of hydrogen-bond acceptors (Lipinski definition) is 4. The van der Waals surface area contributed by atoms with Gasteiger partial charge >= 0.3 is 0 Å². The molecule has 1 aromatic heterocycles. The molecule has 0 N–H and O–H groups in total. The van der Waals surface area contributed by atoms with Gasteiger partial charge in [0.15, 0.2) is 5.82 Å². The van der Waals surface area contributed by atoms with Gasteiger partial charge in [0.25, 0.3) is 0 Å². The minimum Gasteiger partial charge on any atom is -0.338 e. The van der Waals surface area contributed by atoms with Crippen LogP contribution in [0, 0.1) is 5.82 Å². The van der Waals surface area contributed by atoms with Crippen LogP contribution in [0.1, 0.15) is 42.6 Å². The molecular weight excluding hydrogens is 257 g/mol. The summed E-state index contributed by atoms with van der Waals surface area (Å²) in [6, 6.07) is 6.72. The van der Waals surface area contributed by atoms with Crippen LogP contribution in [0.2, 0.25) is 0 Å². The maximum atomic E-state index is 13.1. The summed E-state index contributed by atoms with van der Waals surface area (Å²) in [7, 11) is 2.08. The molecule has 1 aliphatic rings. The average Bonchev–Trinajstić information content (AvgIpc) is 2.87. The third-order valence-electron chi connectivity index (χ3n) is 3.79. The maximum Gasteiger partial charge on any atom is 0.243 e. The molecule has 106 valence electrons. The van der Waals surface area contributed by atoms with Gasteiger partial charge in [-0.3, -0.25) is 4.90 Å². The van der Waals surface area contributed by atoms with Crippen LogP contribution in [-0.4, -0.2) is 28.6 Å². The number of halogens is 1. The predicted molar refractivity (Wildman–Crippen MR) is 72.7 cm³/mol. The summed E-state index contributed by atoms with van der Waals surface area (Å²) in [5.74, 6) is 1.06. The van der Waals surface area contributed by atoms with Gasteiger partial charge in [-0.1, -0.05) is 23.7 Å². The zero-order valence-electron chi connectivity index (χ0n) is 11.6. The van der Waals surface area contributed by atoms with Gasteiger partial charge in [-0.25, -0.2) is 4.39 Å². The molecule has 5 heteroatoms. The number of likely N-dealkylation sites (tertiary alicyclic amines) is 1. The second kappa shape index (κ2) is 5.71. The second-order valence-electron chi connectivity index (χ2n) is 5.35. The fraction of sp³-hybridized carbons (Fsp3) is 0.467. The largest absolute Gasteiger partial charge is 0.338 e. The minimum absolute atomic E-state index is 0.220. The minimum atomic E-state index is -0.238. The lowest BCUT2D eigenvalue weighted by Crippen LogP contribution is -2.29. The van der Waals surface area contributed by atoms with Crippen LogP contribution in [0.25, 0.3) is 0 Å². The Morgan fingerprint density at radius 3 is 3.10 bits per heavy atom. The lowest BCUT2D eigenvalue weighted by Gasteiger charge is -2.29. The standard InChI is InChI=1S/C15H18FN3O/c1-19-8-3-2-7-13(19)15-17-14(18-20-15)10-11-5-4-6-12(16)9-11/h4-6,9,13H,2-3,7-8,10H2,1H3/t13-/m0/s1. The Bertz CT molecular complexity index is 584. The first-order chi connectivity index (χ1) is 9.72. The van der Waals surface area contributed by atoms with Crippen molar-refractivity contribution >= 4 is 0 Å². The van der Waals surface area contributed by atoms with Crippen molar-refractivity contribution < 1.29 is 8.91 Å². The first-order valence-corrected chi connectivity index (χ1v) is 6.99. The number of hydrogen-bond donors (Lipinski definition) is 0. The van der Waals surface area contributed by atoms with Crippen LogP contribution < -0.4 is 0 Å². The quantitative estimate of drug-likeness (QED) is 0.863. The monoisotopic (exact) mass is 275 g/mol. The molecule has 0 radical (unpaired) electrons. The number of nitrogens with zero attached hydrogens (tertiary/aromatic N) is 3. The molecule has 1 aromatic carbocycles. The van der Waals surface area contributed by atoms with Crippen LogP contribution >= 0.6 is 0 Å². The molecular formula is C15H18FN3O. The van der Waals surface area contributed by atoms with Gasteiger partial charge in [0.05, 0.1) is 6.04 Å². The van der Waals surface area contributed by atoms with Crippen LogP contribution in [-0.2, 0) is 6.42 Å². The van der Waals surface area contributed by atoms with Crippen LogP contribution in [0.3, 0.4) is 0 Å². The Balaban J connectivity index is 1.73. The van der Waals surface area contributed by atoms with Crippen molar-refractivity contribution in [3.05, 3.63) is 47.4 Å². The Morgan fingerprint density at radius 2 is 2.30 bits per heavy atom. The average molecular weight is 275 g/mol. The van der Waals surface area contributed by atoms with Gasteiger partial charge in [-0.05, 0) is 44.1 Å². The van der Waals surface area contributed by atoms with E-state index in [1.165, 1.54) is 25.0 Å². The van der Waals surface area contributed by atoms with Crippen molar-refractivity contribution in [1.82, 2.24) is 15.0 Å². The van der Waals surface area contributed by atoms with E-state index in [1.54, 1.807) is 6.07 Å². The molecule has 20 heavy (non-hydrogen) atoms. The van der Waals surface area contributed by atoms with Gasteiger partial charge in [0, 0.05) is 6.42 Å². The molecule has 1 atom stereocenters. The van der Waals surface area contributed by atoms with Gasteiger partial charge < -0.3 is 4.52 Å². The van der Waals surface area contributed by atoms with Gasteiger partial charge in [0.2, 0.25) is 5.89 Å². The fourth-order valence-electron chi connectivity index (χ4n) is 2.69. The summed E-state index contributed by atoms with van der Waals surface area (Å²) in [4.78, 5) is 6.72. The lowest BCUT2D eigenvalue weighted by atomic mass is 10.0. The number of benzene rings is 1. The number of aromatic nitrogens is 2. The first-order valence-electron chi connectivity index (χ1n) is 6.99. The van der Waals surface area contributed by atoms with Crippen LogP contribution in [0.4, 0.5) is 4.39 Å². The third-order valence-corrected chi connectivity index (χ3v) is 3.79. The van der Waals surface area contributed by atoms with E-state index >= 15 is 0 Å². The lowest BCUT2D eigenvalue weighted by molar-refractivity contribution is 0.150. The van der Waals surface area contributed by atoms with E-state index in [-0.39, 0.29) is 11.9 Å². The molecule has 0 amide bonds. The van der Waals surface area contributed by atoms with Crippen molar-refractivity contribution in [2.45, 2.75) is 31.7 Å². The molecule has 0 spiro atoms. The van der Waals surface area contributed by atoms with E-state index in [0.717, 1.165) is 18.5 Å². The van der Waals surface area contributed by atoms with Crippen molar-refractivity contribution in [2.24, 2.45) is 0 Å². The van der Waals surface area contributed by atoms with Gasteiger partial charge in [-0.15, -0.1) is 0 Å². The Morgan fingerprint density at radius 1 is 1.40 bits per heavy atom. The predicted octanol–water partition coefficient (Wildman–Crippen LogP) is 2.96. The van der Waals surface area contributed by atoms with Crippen molar-refractivity contribution in [2.75, 3.05) is 13.6 Å². The van der Waals surface area contributed by atoms with Crippen molar-refractivity contribution in [3.63, 3.8) is 0 Å². The number of rotatable bonds is 3. The molecule has 0 saturated carbocycles. The normalized spacial score (nSPS) is 20.2. The van der Waals surface area contributed by atoms with E-state index in [9.17, 15) is 4.39 Å². The summed E-state index contributed by atoms with van der Waals surface area (Å²) in [6.07, 6.45) is 3.96. The van der Waals surface area contributed by atoms with E-state index in [4.69, 9.17) is 4.52 Å². The summed E-state index contributed by atoms with van der Waals surface area (Å²) in [6.45, 7) is 1.06. The SMILES string of the molecule is CN1CCCC[C@H]1c1nc(Cc2cccc(F)c2)no1. The van der Waals surface area contributed by atoms with Crippen LogP contribution in [0.15, 0.2) is 28.8 Å². The molecule has 2 heterocycles. The number of piperidine rings is 1. The van der Waals surface area contributed by atoms with E-state index < -0.39 is 0 Å². The second-order valence-corrected chi connectivity index (χ2v) is 5.35. The van der Waals surface area contributed by atoms with E-state index in [2.05, 4.69) is 22.1 Å². The molecule has 3 rings (SSSR count). The Kier molecular flexibility index (Phi) is 3.78. The molecule has 4 nitrogen and oxygen atoms in total. The topological polar surface area (TPSA) is 42.2 Å². The van der Waals surface area contributed by atoms with E-state index in [0.29, 0.717) is 18.1 Å². The highest BCUT2D eigenvalue weighted by Gasteiger charge is 2.25. The smallest absolute Gasteiger partial charge is 0.243 e. The fourth-order valence-corrected chi connectivity index (χ4v) is 2.69. The van der Waals surface area contributed by atoms with Crippen molar-refractivity contribution in [1.29, 1.82) is 0 Å². The molecule has 1 aliphatic heterocycles. The highest BCUT2D eigenvalue weighted by atomic mass is 19.1. The zero-order valence-corrected chi connectivity index (χ0v) is 11.6. The van der Waals surface area contributed by atoms with Gasteiger partial charge in [0.1, 0.15) is 5.82 Å². The zero-order chi connectivity index (χ0) is 13.9. The molecule has 0 aliphatic carbocycles. The first kappa shape index (κ1) is 13.2. The molecule has 2 aromatic rings. The molecule has 0 unspecified atom stereocenters. The Labute approximate surface area is 117 Å². The summed E-state index contributed by atoms with van der Waals surface area (Å²) in [5.41, 5.74) is 0.856. The maximum absolute atomic E-state index is 13.1. The highest BCUT2D eigenvalue weighted by Crippen LogP contribution is 2.28. The highest BCUT2D eigenvalue weighted by molar-refractivity contribution is 5.19. The summed E-state index contributed by atoms with van der Waals surface area (Å²) < 4.78 is 18.5. The Hall–Kier alpha value is -1.75. The summed E-state index contributed by atoms with van der Waals surface area (Å²) >= 11 is 0. The van der Waals surface area contributed by atoms with Crippen molar-refractivity contribution in [3.8, 4) is 0 Å². The third kappa shape index (κ3) is 2.88. The van der Waals surface area contributed by atoms with E-state index in [1.807, 2.05) is 6.07 Å². The van der Waals surface area contributed by atoms with Gasteiger partial charge in [-0.2, -0.15) is 4.98 Å².